The zero-order chi connectivity index (χ0) is 35.8. The Morgan fingerprint density at radius 1 is 0.706 bits per heavy atom. The standard InChI is InChI=1S/C19H23NO2.C17H18Cl2NO6P.2K/c1-3-19(21)20(2)14-8-10-16-9-7-13-18(15-16)22-17-11-5-4-6-12-17;18-15-7-6-14(10-16(15)19)26-13-5-1-3-12(9-13)4-2-8-20(22)17(21)11-27(23,24)25;;/h4-7,9,11-13,15H,3,8,10,14H2,1-2H3;1,3,5-7,9-10,22H,2,4,8,11H2,(H2,23,24,25);;/q;;2*+1/p-2. The molecule has 262 valence electrons. The summed E-state index contributed by atoms with van der Waals surface area (Å²) in [7, 11) is -3.14. The summed E-state index contributed by atoms with van der Waals surface area (Å²) in [6, 6.07) is 30.0. The third-order valence-corrected chi connectivity index (χ3v) is 8.44. The van der Waals surface area contributed by atoms with Crippen molar-refractivity contribution in [2.45, 2.75) is 39.0 Å². The van der Waals surface area contributed by atoms with Gasteiger partial charge in [0.05, 0.1) is 16.2 Å². The Hall–Kier alpha value is -0.617. The molecule has 0 heterocycles. The van der Waals surface area contributed by atoms with Crippen LogP contribution in [0.25, 0.3) is 0 Å². The molecule has 0 aliphatic heterocycles. The molecule has 1 N–H and O–H groups in total. The number of aryl methyl sites for hydroxylation is 2. The second-order valence-electron chi connectivity index (χ2n) is 11.0. The van der Waals surface area contributed by atoms with Crippen molar-refractivity contribution in [2.75, 3.05) is 26.3 Å². The Labute approximate surface area is 394 Å². The van der Waals surface area contributed by atoms with Gasteiger partial charge >= 0.3 is 103 Å². The van der Waals surface area contributed by atoms with Gasteiger partial charge in [0.1, 0.15) is 23.0 Å². The number of benzene rings is 4. The van der Waals surface area contributed by atoms with E-state index in [4.69, 9.17) is 32.7 Å². The number of hydrogen-bond acceptors (Lipinski definition) is 8. The van der Waals surface area contributed by atoms with Crippen LogP contribution in [0.15, 0.2) is 97.1 Å². The zero-order valence-corrected chi connectivity index (χ0v) is 37.9. The summed E-state index contributed by atoms with van der Waals surface area (Å²) in [5.74, 6) is 1.84. The topological polar surface area (TPSA) is 142 Å². The molecular weight excluding hydrogens is 768 g/mol. The Kier molecular flexibility index (Phi) is 24.2. The van der Waals surface area contributed by atoms with E-state index in [1.54, 1.807) is 41.3 Å². The Morgan fingerprint density at radius 2 is 1.22 bits per heavy atom. The van der Waals surface area contributed by atoms with Crippen LogP contribution >= 0.6 is 30.8 Å². The van der Waals surface area contributed by atoms with E-state index < -0.39 is 19.7 Å². The van der Waals surface area contributed by atoms with Gasteiger partial charge in [-0.3, -0.25) is 14.8 Å². The van der Waals surface area contributed by atoms with Crippen LogP contribution < -0.4 is 122 Å². The molecule has 0 radical (unpaired) electrons. The van der Waals surface area contributed by atoms with Crippen molar-refractivity contribution in [3.05, 3.63) is 118 Å². The number of nitrogens with zero attached hydrogens (tertiary/aromatic N) is 2. The minimum Gasteiger partial charge on any atom is -0.810 e. The van der Waals surface area contributed by atoms with Gasteiger partial charge in [-0.05, 0) is 85.3 Å². The summed E-state index contributed by atoms with van der Waals surface area (Å²) in [5.41, 5.74) is 2.11. The Balaban J connectivity index is 0.000000500. The van der Waals surface area contributed by atoms with E-state index >= 15 is 0 Å². The van der Waals surface area contributed by atoms with Crippen LogP contribution in [0.2, 0.25) is 10.0 Å². The maximum atomic E-state index is 11.5. The van der Waals surface area contributed by atoms with Gasteiger partial charge in [-0.15, -0.1) is 0 Å². The van der Waals surface area contributed by atoms with E-state index in [9.17, 15) is 29.1 Å². The number of amides is 2. The first kappa shape index (κ1) is 48.4. The average Bonchev–Trinajstić information content (AvgIpc) is 3.06. The molecule has 10 nitrogen and oxygen atoms in total. The van der Waals surface area contributed by atoms with Crippen molar-refractivity contribution in [3.63, 3.8) is 0 Å². The molecule has 0 fully saturated rings. The number of halogens is 2. The van der Waals surface area contributed by atoms with E-state index in [0.717, 1.165) is 36.4 Å². The molecule has 15 heteroatoms. The molecule has 51 heavy (non-hydrogen) atoms. The van der Waals surface area contributed by atoms with Crippen LogP contribution in [0.1, 0.15) is 37.3 Å². The minimum absolute atomic E-state index is 0. The zero-order valence-electron chi connectivity index (χ0n) is 29.3. The average molecular weight is 808 g/mol. The molecule has 4 aromatic carbocycles. The number of hydroxylamine groups is 2. The molecule has 0 aliphatic carbocycles. The van der Waals surface area contributed by atoms with Crippen molar-refractivity contribution in [2.24, 2.45) is 0 Å². The fraction of sp³-hybridized carbons (Fsp3) is 0.278. The molecule has 0 atom stereocenters. The second kappa shape index (κ2) is 25.5. The fourth-order valence-electron chi connectivity index (χ4n) is 4.55. The van der Waals surface area contributed by atoms with Crippen LogP contribution in [0.3, 0.4) is 0 Å². The Bertz CT molecular complexity index is 1720. The number of ether oxygens (including phenoxy) is 2. The van der Waals surface area contributed by atoms with Crippen molar-refractivity contribution in [3.8, 4) is 23.0 Å². The van der Waals surface area contributed by atoms with Crippen molar-refractivity contribution in [1.29, 1.82) is 0 Å². The number of para-hydroxylation sites is 1. The first-order valence-electron chi connectivity index (χ1n) is 15.6. The molecule has 4 aromatic rings. The normalized spacial score (nSPS) is 10.4. The monoisotopic (exact) mass is 806 g/mol. The number of carbonyl (C=O) groups is 2. The second-order valence-corrected chi connectivity index (χ2v) is 13.4. The summed E-state index contributed by atoms with van der Waals surface area (Å²) < 4.78 is 22.1. The third kappa shape index (κ3) is 19.5. The summed E-state index contributed by atoms with van der Waals surface area (Å²) in [4.78, 5) is 45.8. The molecule has 0 saturated heterocycles. The van der Waals surface area contributed by atoms with Gasteiger partial charge < -0.3 is 28.7 Å². The van der Waals surface area contributed by atoms with E-state index in [1.165, 1.54) is 5.56 Å². The van der Waals surface area contributed by atoms with Crippen LogP contribution in [0.4, 0.5) is 0 Å². The molecular formula is C36H39Cl2K2N2O8P. The van der Waals surface area contributed by atoms with Crippen molar-refractivity contribution < 1.29 is 141 Å². The number of carbonyl (C=O) groups excluding carboxylic acids is 2. The van der Waals surface area contributed by atoms with Gasteiger partial charge in [-0.1, -0.05) is 80.2 Å². The predicted octanol–water partition coefficient (Wildman–Crippen LogP) is 1.14. The van der Waals surface area contributed by atoms with Crippen LogP contribution in [-0.2, 0) is 27.0 Å². The fourth-order valence-corrected chi connectivity index (χ4v) is 5.33. The van der Waals surface area contributed by atoms with E-state index in [-0.39, 0.29) is 120 Å². The van der Waals surface area contributed by atoms with Crippen molar-refractivity contribution >= 4 is 42.6 Å². The van der Waals surface area contributed by atoms with Gasteiger partial charge in [0, 0.05) is 32.6 Å². The van der Waals surface area contributed by atoms with E-state index in [2.05, 4.69) is 12.1 Å². The molecule has 0 aliphatic rings. The molecule has 0 unspecified atom stereocenters. The van der Waals surface area contributed by atoms with Crippen LogP contribution in [0.5, 0.6) is 23.0 Å². The largest absolute Gasteiger partial charge is 1.00 e. The quantitative estimate of drug-likeness (QED) is 0.0817. The number of hydrogen-bond donors (Lipinski definition) is 1. The summed E-state index contributed by atoms with van der Waals surface area (Å²) in [5, 5.41) is 10.5. The van der Waals surface area contributed by atoms with Gasteiger partial charge in [-0.2, -0.15) is 0 Å². The van der Waals surface area contributed by atoms with E-state index in [0.29, 0.717) is 40.8 Å². The molecule has 0 spiro atoms. The maximum Gasteiger partial charge on any atom is 1.00 e. The summed E-state index contributed by atoms with van der Waals surface area (Å²) in [6.07, 6.45) is 2.08. The summed E-state index contributed by atoms with van der Waals surface area (Å²) in [6.45, 7) is 2.58. The first-order valence-corrected chi connectivity index (χ1v) is 18.1. The molecule has 0 aromatic heterocycles. The maximum absolute atomic E-state index is 11.5. The minimum atomic E-state index is -5.00. The molecule has 0 bridgehead atoms. The molecule has 0 saturated carbocycles. The van der Waals surface area contributed by atoms with Gasteiger partial charge in [-0.25, -0.2) is 5.06 Å². The van der Waals surface area contributed by atoms with Crippen LogP contribution in [-0.4, -0.2) is 53.3 Å². The smallest absolute Gasteiger partial charge is 0.810 e. The van der Waals surface area contributed by atoms with Crippen molar-refractivity contribution in [1.82, 2.24) is 9.96 Å². The molecule has 4 rings (SSSR count). The van der Waals surface area contributed by atoms with E-state index in [1.807, 2.05) is 62.5 Å². The van der Waals surface area contributed by atoms with Gasteiger partial charge in [0.25, 0.3) is 5.91 Å². The van der Waals surface area contributed by atoms with Crippen LogP contribution in [0, 0.1) is 0 Å². The Morgan fingerprint density at radius 3 is 1.75 bits per heavy atom. The molecule has 2 amide bonds. The SMILES string of the molecule is CCC(=O)N(C)CCCc1cccc(Oc2ccccc2)c1.O=C(CP(=O)([O-])[O-])N(O)CCCc1cccc(Oc2ccc(Cl)c(Cl)c2)c1.[K+].[K+]. The summed E-state index contributed by atoms with van der Waals surface area (Å²) >= 11 is 11.8. The van der Waals surface area contributed by atoms with Gasteiger partial charge in [0.15, 0.2) is 0 Å². The van der Waals surface area contributed by atoms with Gasteiger partial charge in [0.2, 0.25) is 5.91 Å². The number of rotatable bonds is 15. The first-order chi connectivity index (χ1) is 23.3. The predicted molar refractivity (Wildman–Crippen MR) is 186 cm³/mol. The third-order valence-electron chi connectivity index (χ3n) is 7.04.